The zero-order valence-corrected chi connectivity index (χ0v) is 9.14. The minimum atomic E-state index is 0.550. The van der Waals surface area contributed by atoms with E-state index in [0.717, 1.165) is 16.4 Å². The molecule has 0 aliphatic carbocycles. The molecule has 1 aromatic heterocycles. The van der Waals surface area contributed by atoms with Crippen molar-refractivity contribution in [3.63, 3.8) is 0 Å². The molecule has 3 heteroatoms. The van der Waals surface area contributed by atoms with Gasteiger partial charge in [0.2, 0.25) is 0 Å². The largest absolute Gasteiger partial charge is 0.454 e. The van der Waals surface area contributed by atoms with Gasteiger partial charge in [-0.25, -0.2) is 0 Å². The molecule has 0 atom stereocenters. The van der Waals surface area contributed by atoms with Gasteiger partial charge in [-0.3, -0.25) is 0 Å². The normalized spacial score (nSPS) is 11.3. The second-order valence-corrected chi connectivity index (χ2v) is 4.21. The maximum atomic E-state index is 6.06. The molecular formula is C12H6Cl2O. The van der Waals surface area contributed by atoms with E-state index in [9.17, 15) is 0 Å². The summed E-state index contributed by atoms with van der Waals surface area (Å²) in [5, 5.41) is 3.17. The fourth-order valence-electron chi connectivity index (χ4n) is 1.75. The van der Waals surface area contributed by atoms with Crippen molar-refractivity contribution in [2.24, 2.45) is 0 Å². The second kappa shape index (κ2) is 3.16. The third-order valence-corrected chi connectivity index (χ3v) is 2.90. The van der Waals surface area contributed by atoms with Gasteiger partial charge in [0.05, 0.1) is 5.02 Å². The average Bonchev–Trinajstić information content (AvgIpc) is 2.57. The van der Waals surface area contributed by atoms with Crippen LogP contribution in [0.1, 0.15) is 0 Å². The quantitative estimate of drug-likeness (QED) is 0.542. The maximum Gasteiger partial charge on any atom is 0.154 e. The van der Waals surface area contributed by atoms with Crippen LogP contribution in [0, 0.1) is 0 Å². The Hall–Kier alpha value is -1.18. The van der Waals surface area contributed by atoms with E-state index in [1.165, 1.54) is 0 Å². The number of halogens is 2. The molecule has 1 nitrogen and oxygen atoms in total. The Balaban J connectivity index is 2.61. The molecule has 2 aromatic carbocycles. The number of benzene rings is 2. The highest BCUT2D eigenvalue weighted by Gasteiger charge is 2.10. The van der Waals surface area contributed by atoms with Crippen molar-refractivity contribution in [2.75, 3.05) is 0 Å². The minimum Gasteiger partial charge on any atom is -0.454 e. The molecule has 0 amide bonds. The molecule has 0 radical (unpaired) electrons. The lowest BCUT2D eigenvalue weighted by Gasteiger charge is -1.93. The summed E-state index contributed by atoms with van der Waals surface area (Å²) in [6, 6.07) is 11.4. The Kier molecular flexibility index (Phi) is 1.91. The van der Waals surface area contributed by atoms with Gasteiger partial charge in [-0.05, 0) is 18.2 Å². The first-order chi connectivity index (χ1) is 7.25. The third kappa shape index (κ3) is 1.31. The minimum absolute atomic E-state index is 0.550. The van der Waals surface area contributed by atoms with Crippen LogP contribution >= 0.6 is 23.2 Å². The van der Waals surface area contributed by atoms with Gasteiger partial charge in [-0.2, -0.15) is 0 Å². The summed E-state index contributed by atoms with van der Waals surface area (Å²) in [6.07, 6.45) is 0. The Labute approximate surface area is 96.2 Å². The molecule has 0 spiro atoms. The molecule has 3 aromatic rings. The molecular weight excluding hydrogens is 231 g/mol. The van der Waals surface area contributed by atoms with Crippen molar-refractivity contribution in [2.45, 2.75) is 0 Å². The van der Waals surface area contributed by atoms with Crippen molar-refractivity contribution < 1.29 is 4.42 Å². The van der Waals surface area contributed by atoms with E-state index in [-0.39, 0.29) is 0 Å². The van der Waals surface area contributed by atoms with Gasteiger partial charge in [-0.1, -0.05) is 41.4 Å². The molecule has 0 unspecified atom stereocenters. The van der Waals surface area contributed by atoms with Gasteiger partial charge in [-0.15, -0.1) is 0 Å². The molecule has 3 rings (SSSR count). The molecule has 0 saturated heterocycles. The van der Waals surface area contributed by atoms with Crippen LogP contribution in [0.5, 0.6) is 0 Å². The van der Waals surface area contributed by atoms with E-state index in [0.29, 0.717) is 15.6 Å². The van der Waals surface area contributed by atoms with Crippen molar-refractivity contribution in [3.05, 3.63) is 46.4 Å². The summed E-state index contributed by atoms with van der Waals surface area (Å²) >= 11 is 12.0. The van der Waals surface area contributed by atoms with Crippen LogP contribution in [0.4, 0.5) is 0 Å². The summed E-state index contributed by atoms with van der Waals surface area (Å²) in [7, 11) is 0. The summed E-state index contributed by atoms with van der Waals surface area (Å²) in [4.78, 5) is 0. The smallest absolute Gasteiger partial charge is 0.154 e. The van der Waals surface area contributed by atoms with Gasteiger partial charge in [0.15, 0.2) is 5.58 Å². The Morgan fingerprint density at radius 3 is 2.60 bits per heavy atom. The topological polar surface area (TPSA) is 13.1 Å². The van der Waals surface area contributed by atoms with Gasteiger partial charge < -0.3 is 4.42 Å². The lowest BCUT2D eigenvalue weighted by Crippen LogP contribution is -1.69. The molecule has 74 valence electrons. The number of hydrogen-bond acceptors (Lipinski definition) is 1. The Morgan fingerprint density at radius 1 is 0.933 bits per heavy atom. The first-order valence-corrected chi connectivity index (χ1v) is 5.27. The first kappa shape index (κ1) is 9.08. The molecule has 0 aliphatic heterocycles. The van der Waals surface area contributed by atoms with Crippen molar-refractivity contribution >= 4 is 45.1 Å². The molecule has 1 heterocycles. The summed E-state index contributed by atoms with van der Waals surface area (Å²) in [6.45, 7) is 0. The Morgan fingerprint density at radius 2 is 1.73 bits per heavy atom. The van der Waals surface area contributed by atoms with E-state index in [2.05, 4.69) is 0 Å². The third-order valence-electron chi connectivity index (χ3n) is 2.40. The van der Waals surface area contributed by atoms with Gasteiger partial charge in [0, 0.05) is 15.8 Å². The van der Waals surface area contributed by atoms with Gasteiger partial charge in [0.1, 0.15) is 5.58 Å². The lowest BCUT2D eigenvalue weighted by molar-refractivity contribution is 0.669. The molecule has 0 bridgehead atoms. The maximum absolute atomic E-state index is 6.06. The molecule has 0 saturated carbocycles. The fourth-order valence-corrected chi connectivity index (χ4v) is 2.28. The number of para-hydroxylation sites is 1. The summed E-state index contributed by atoms with van der Waals surface area (Å²) in [5.41, 5.74) is 1.53. The van der Waals surface area contributed by atoms with Crippen molar-refractivity contribution in [1.29, 1.82) is 0 Å². The van der Waals surface area contributed by atoms with Crippen LogP contribution in [0.15, 0.2) is 40.8 Å². The van der Waals surface area contributed by atoms with E-state index in [1.807, 2.05) is 30.3 Å². The predicted octanol–water partition coefficient (Wildman–Crippen LogP) is 4.89. The van der Waals surface area contributed by atoms with Crippen LogP contribution in [0.2, 0.25) is 10.0 Å². The molecule has 0 aliphatic rings. The highest BCUT2D eigenvalue weighted by Crippen LogP contribution is 2.35. The van der Waals surface area contributed by atoms with Crippen LogP contribution < -0.4 is 0 Å². The Bertz CT molecular complexity index is 655. The lowest BCUT2D eigenvalue weighted by atomic mass is 10.1. The monoisotopic (exact) mass is 236 g/mol. The first-order valence-electron chi connectivity index (χ1n) is 4.52. The van der Waals surface area contributed by atoms with E-state index in [1.54, 1.807) is 6.07 Å². The van der Waals surface area contributed by atoms with Crippen LogP contribution in [-0.4, -0.2) is 0 Å². The van der Waals surface area contributed by atoms with E-state index < -0.39 is 0 Å². The van der Waals surface area contributed by atoms with Crippen molar-refractivity contribution in [1.82, 2.24) is 0 Å². The fraction of sp³-hybridized carbons (Fsp3) is 0. The van der Waals surface area contributed by atoms with Crippen LogP contribution in [-0.2, 0) is 0 Å². The molecule has 0 fully saturated rings. The average molecular weight is 237 g/mol. The van der Waals surface area contributed by atoms with Gasteiger partial charge in [0.25, 0.3) is 0 Å². The van der Waals surface area contributed by atoms with Crippen LogP contribution in [0.3, 0.4) is 0 Å². The number of rotatable bonds is 0. The van der Waals surface area contributed by atoms with Crippen LogP contribution in [0.25, 0.3) is 21.9 Å². The number of hydrogen-bond donors (Lipinski definition) is 0. The molecule has 15 heavy (non-hydrogen) atoms. The standard InChI is InChI=1S/C12H6Cl2O/c13-7-5-9-8-3-1-2-4-11(8)15-12(9)10(14)6-7/h1-6H. The van der Waals surface area contributed by atoms with Gasteiger partial charge >= 0.3 is 0 Å². The van der Waals surface area contributed by atoms with E-state index >= 15 is 0 Å². The predicted molar refractivity (Wildman–Crippen MR) is 63.7 cm³/mol. The second-order valence-electron chi connectivity index (χ2n) is 3.36. The number of fused-ring (bicyclic) bond motifs is 3. The summed E-state index contributed by atoms with van der Waals surface area (Å²) in [5.74, 6) is 0. The number of furan rings is 1. The summed E-state index contributed by atoms with van der Waals surface area (Å²) < 4.78 is 5.65. The SMILES string of the molecule is Clc1cc(Cl)c2oc3ccccc3c2c1. The molecule has 0 N–H and O–H groups in total. The highest BCUT2D eigenvalue weighted by molar-refractivity contribution is 6.39. The highest BCUT2D eigenvalue weighted by atomic mass is 35.5. The van der Waals surface area contributed by atoms with E-state index in [4.69, 9.17) is 27.6 Å². The zero-order chi connectivity index (χ0) is 10.4. The van der Waals surface area contributed by atoms with Crippen molar-refractivity contribution in [3.8, 4) is 0 Å². The zero-order valence-electron chi connectivity index (χ0n) is 7.63.